The van der Waals surface area contributed by atoms with E-state index in [1.807, 2.05) is 31.2 Å². The molecule has 0 N–H and O–H groups in total. The second-order valence-corrected chi connectivity index (χ2v) is 6.81. The summed E-state index contributed by atoms with van der Waals surface area (Å²) in [5.74, 6) is -0.360. The highest BCUT2D eigenvalue weighted by Gasteiger charge is 2.38. The Labute approximate surface area is 144 Å². The first-order valence-corrected chi connectivity index (χ1v) is 9.01. The van der Waals surface area contributed by atoms with E-state index in [1.165, 1.54) is 5.56 Å². The predicted molar refractivity (Wildman–Crippen MR) is 92.9 cm³/mol. The van der Waals surface area contributed by atoms with Crippen LogP contribution in [0.15, 0.2) is 24.3 Å². The van der Waals surface area contributed by atoms with E-state index in [2.05, 4.69) is 13.8 Å². The van der Waals surface area contributed by atoms with Gasteiger partial charge in [0, 0.05) is 0 Å². The SMILES string of the molecule is CCCOC(=O)C1CCCCC1C(=O)Oc1ccc(C(C)C)cc1. The Morgan fingerprint density at radius 2 is 1.62 bits per heavy atom. The summed E-state index contributed by atoms with van der Waals surface area (Å²) < 4.78 is 10.8. The van der Waals surface area contributed by atoms with Crippen molar-refractivity contribution in [3.63, 3.8) is 0 Å². The molecule has 1 aromatic rings. The molecule has 2 atom stereocenters. The molecule has 0 amide bonds. The van der Waals surface area contributed by atoms with Crippen LogP contribution < -0.4 is 4.74 Å². The average Bonchev–Trinajstić information content (AvgIpc) is 2.60. The maximum Gasteiger partial charge on any atom is 0.315 e. The van der Waals surface area contributed by atoms with Gasteiger partial charge in [0.25, 0.3) is 0 Å². The van der Waals surface area contributed by atoms with E-state index in [0.717, 1.165) is 19.3 Å². The van der Waals surface area contributed by atoms with Crippen molar-refractivity contribution in [3.05, 3.63) is 29.8 Å². The number of ether oxygens (including phenoxy) is 2. The lowest BCUT2D eigenvalue weighted by Crippen LogP contribution is -2.36. The van der Waals surface area contributed by atoms with Gasteiger partial charge >= 0.3 is 11.9 Å². The van der Waals surface area contributed by atoms with Gasteiger partial charge in [-0.3, -0.25) is 9.59 Å². The number of rotatable bonds is 6. The van der Waals surface area contributed by atoms with Gasteiger partial charge in [0.05, 0.1) is 18.4 Å². The molecule has 0 spiro atoms. The van der Waals surface area contributed by atoms with Crippen molar-refractivity contribution in [1.82, 2.24) is 0 Å². The molecule has 4 nitrogen and oxygen atoms in total. The number of hydrogen-bond acceptors (Lipinski definition) is 4. The molecule has 4 heteroatoms. The van der Waals surface area contributed by atoms with Crippen LogP contribution in [0.25, 0.3) is 0 Å². The zero-order valence-electron chi connectivity index (χ0n) is 14.9. The third-order valence-corrected chi connectivity index (χ3v) is 4.59. The van der Waals surface area contributed by atoms with Gasteiger partial charge in [-0.05, 0) is 42.9 Å². The first kappa shape index (κ1) is 18.5. The summed E-state index contributed by atoms with van der Waals surface area (Å²) in [7, 11) is 0. The quantitative estimate of drug-likeness (QED) is 0.569. The third-order valence-electron chi connectivity index (χ3n) is 4.59. The van der Waals surface area contributed by atoms with Crippen LogP contribution in [0.3, 0.4) is 0 Å². The van der Waals surface area contributed by atoms with Crippen LogP contribution in [0.1, 0.15) is 64.4 Å². The van der Waals surface area contributed by atoms with E-state index in [1.54, 1.807) is 0 Å². The highest BCUT2D eigenvalue weighted by Crippen LogP contribution is 2.32. The summed E-state index contributed by atoms with van der Waals surface area (Å²) in [5.41, 5.74) is 1.20. The Morgan fingerprint density at radius 3 is 2.17 bits per heavy atom. The second kappa shape index (κ2) is 8.86. The molecular formula is C20H28O4. The maximum absolute atomic E-state index is 12.5. The summed E-state index contributed by atoms with van der Waals surface area (Å²) in [5, 5.41) is 0. The first-order valence-electron chi connectivity index (χ1n) is 9.01. The van der Waals surface area contributed by atoms with Gasteiger partial charge in [-0.25, -0.2) is 0 Å². The van der Waals surface area contributed by atoms with E-state index >= 15 is 0 Å². The molecule has 24 heavy (non-hydrogen) atoms. The molecule has 1 aliphatic rings. The fourth-order valence-corrected chi connectivity index (χ4v) is 3.12. The Bertz CT molecular complexity index is 547. The topological polar surface area (TPSA) is 52.6 Å². The van der Waals surface area contributed by atoms with Crippen molar-refractivity contribution >= 4 is 11.9 Å². The largest absolute Gasteiger partial charge is 0.465 e. The van der Waals surface area contributed by atoms with Crippen LogP contribution in [0.2, 0.25) is 0 Å². The molecule has 0 saturated heterocycles. The van der Waals surface area contributed by atoms with Gasteiger partial charge in [0.2, 0.25) is 0 Å². The smallest absolute Gasteiger partial charge is 0.315 e. The first-order chi connectivity index (χ1) is 11.5. The van der Waals surface area contributed by atoms with Crippen molar-refractivity contribution < 1.29 is 19.1 Å². The second-order valence-electron chi connectivity index (χ2n) is 6.81. The van der Waals surface area contributed by atoms with Crippen LogP contribution in [0, 0.1) is 11.8 Å². The van der Waals surface area contributed by atoms with E-state index in [4.69, 9.17) is 9.47 Å². The van der Waals surface area contributed by atoms with Gasteiger partial charge < -0.3 is 9.47 Å². The van der Waals surface area contributed by atoms with Crippen molar-refractivity contribution in [3.8, 4) is 5.75 Å². The summed E-state index contributed by atoms with van der Waals surface area (Å²) in [4.78, 5) is 24.8. The molecule has 2 rings (SSSR count). The molecular weight excluding hydrogens is 304 g/mol. The molecule has 0 bridgehead atoms. The third kappa shape index (κ3) is 4.83. The highest BCUT2D eigenvalue weighted by atomic mass is 16.5. The van der Waals surface area contributed by atoms with Gasteiger partial charge in [0.15, 0.2) is 0 Å². The normalized spacial score (nSPS) is 20.7. The fraction of sp³-hybridized carbons (Fsp3) is 0.600. The minimum absolute atomic E-state index is 0.256. The standard InChI is InChI=1S/C20H28O4/c1-4-13-23-19(21)17-7-5-6-8-18(17)20(22)24-16-11-9-15(10-12-16)14(2)3/h9-12,14,17-18H,4-8,13H2,1-3H3. The lowest BCUT2D eigenvalue weighted by molar-refractivity contribution is -0.158. The molecule has 0 radical (unpaired) electrons. The molecule has 1 fully saturated rings. The van der Waals surface area contributed by atoms with Crippen molar-refractivity contribution in [2.24, 2.45) is 11.8 Å². The van der Waals surface area contributed by atoms with Gasteiger partial charge in [0.1, 0.15) is 5.75 Å². The molecule has 1 aromatic carbocycles. The Kier molecular flexibility index (Phi) is 6.83. The minimum atomic E-state index is -0.395. The Hall–Kier alpha value is -1.84. The summed E-state index contributed by atoms with van der Waals surface area (Å²) in [6.07, 6.45) is 4.08. The van der Waals surface area contributed by atoms with Crippen LogP contribution in [0.4, 0.5) is 0 Å². The number of carbonyl (C=O) groups is 2. The number of benzene rings is 1. The van der Waals surface area contributed by atoms with Crippen molar-refractivity contribution in [1.29, 1.82) is 0 Å². The molecule has 0 aromatic heterocycles. The average molecular weight is 332 g/mol. The van der Waals surface area contributed by atoms with Crippen LogP contribution in [-0.4, -0.2) is 18.5 Å². The monoisotopic (exact) mass is 332 g/mol. The van der Waals surface area contributed by atoms with E-state index in [9.17, 15) is 9.59 Å². The molecule has 0 aliphatic heterocycles. The number of carbonyl (C=O) groups excluding carboxylic acids is 2. The highest BCUT2D eigenvalue weighted by molar-refractivity contribution is 5.83. The van der Waals surface area contributed by atoms with Crippen molar-refractivity contribution in [2.45, 2.75) is 58.8 Å². The minimum Gasteiger partial charge on any atom is -0.465 e. The zero-order chi connectivity index (χ0) is 17.5. The molecule has 1 saturated carbocycles. The van der Waals surface area contributed by atoms with Gasteiger partial charge in [-0.2, -0.15) is 0 Å². The van der Waals surface area contributed by atoms with Crippen LogP contribution in [-0.2, 0) is 14.3 Å². The molecule has 1 aliphatic carbocycles. The van der Waals surface area contributed by atoms with Gasteiger partial charge in [-0.1, -0.05) is 45.7 Å². The van der Waals surface area contributed by atoms with Gasteiger partial charge in [-0.15, -0.1) is 0 Å². The summed E-state index contributed by atoms with van der Waals surface area (Å²) in [6, 6.07) is 7.59. The van der Waals surface area contributed by atoms with E-state index < -0.39 is 5.92 Å². The lowest BCUT2D eigenvalue weighted by Gasteiger charge is -2.28. The van der Waals surface area contributed by atoms with E-state index in [-0.39, 0.29) is 17.9 Å². The van der Waals surface area contributed by atoms with Crippen LogP contribution in [0.5, 0.6) is 5.75 Å². The summed E-state index contributed by atoms with van der Waals surface area (Å²) in [6.45, 7) is 6.61. The van der Waals surface area contributed by atoms with Crippen LogP contribution >= 0.6 is 0 Å². The molecule has 2 unspecified atom stereocenters. The van der Waals surface area contributed by atoms with Crippen molar-refractivity contribution in [2.75, 3.05) is 6.61 Å². The van der Waals surface area contributed by atoms with E-state index in [0.29, 0.717) is 31.1 Å². The lowest BCUT2D eigenvalue weighted by atomic mass is 9.79. The Morgan fingerprint density at radius 1 is 1.04 bits per heavy atom. The summed E-state index contributed by atoms with van der Waals surface area (Å²) >= 11 is 0. The Balaban J connectivity index is 2.01. The number of hydrogen-bond donors (Lipinski definition) is 0. The molecule has 132 valence electrons. The fourth-order valence-electron chi connectivity index (χ4n) is 3.12. The predicted octanol–water partition coefficient (Wildman–Crippen LogP) is 4.48. The zero-order valence-corrected chi connectivity index (χ0v) is 14.9. The number of esters is 2. The molecule has 0 heterocycles. The maximum atomic E-state index is 12.5.